The van der Waals surface area contributed by atoms with Gasteiger partial charge in [-0.1, -0.05) is 58.4 Å². The first kappa shape index (κ1) is 22.9. The number of aromatic hydroxyl groups is 2. The number of hydrogen-bond donors (Lipinski definition) is 3. The van der Waals surface area contributed by atoms with E-state index in [1.165, 1.54) is 23.3 Å². The summed E-state index contributed by atoms with van der Waals surface area (Å²) in [4.78, 5) is 13.1. The number of carbonyl (C=O) groups excluding carboxylic acids is 1. The van der Waals surface area contributed by atoms with Gasteiger partial charge in [-0.2, -0.15) is 0 Å². The first-order valence-electron chi connectivity index (χ1n) is 11.1. The van der Waals surface area contributed by atoms with Gasteiger partial charge in [0.05, 0.1) is 5.41 Å². The van der Waals surface area contributed by atoms with Gasteiger partial charge >= 0.3 is 0 Å². The third-order valence-electron chi connectivity index (χ3n) is 6.17. The number of allylic oxidation sites excluding steroid dienone is 1. The Hall–Kier alpha value is -2.75. The number of aryl methyl sites for hydroxylation is 1. The zero-order valence-corrected chi connectivity index (χ0v) is 19.5. The molecule has 4 heteroatoms. The number of phenols is 2. The highest BCUT2D eigenvalue weighted by Gasteiger charge is 2.51. The fourth-order valence-corrected chi connectivity index (χ4v) is 3.93. The Morgan fingerprint density at radius 1 is 1.10 bits per heavy atom. The van der Waals surface area contributed by atoms with Crippen molar-refractivity contribution in [1.29, 1.82) is 0 Å². The maximum Gasteiger partial charge on any atom is 0.235 e. The summed E-state index contributed by atoms with van der Waals surface area (Å²) in [6.07, 6.45) is 4.76. The molecule has 0 bridgehead atoms. The van der Waals surface area contributed by atoms with Gasteiger partial charge in [-0.25, -0.2) is 0 Å². The van der Waals surface area contributed by atoms with Gasteiger partial charge in [0.15, 0.2) is 11.5 Å². The first-order valence-corrected chi connectivity index (χ1v) is 11.1. The summed E-state index contributed by atoms with van der Waals surface area (Å²) in [7, 11) is 0. The fourth-order valence-electron chi connectivity index (χ4n) is 3.93. The molecule has 1 fully saturated rings. The van der Waals surface area contributed by atoms with Crippen molar-refractivity contribution >= 4 is 17.7 Å². The average molecular weight is 422 g/mol. The van der Waals surface area contributed by atoms with E-state index in [1.54, 1.807) is 6.07 Å². The minimum Gasteiger partial charge on any atom is -0.504 e. The van der Waals surface area contributed by atoms with Gasteiger partial charge in [0.1, 0.15) is 0 Å². The van der Waals surface area contributed by atoms with Gasteiger partial charge in [-0.15, -0.1) is 0 Å². The molecule has 0 heterocycles. The van der Waals surface area contributed by atoms with E-state index < -0.39 is 5.41 Å². The molecule has 3 N–H and O–H groups in total. The second-order valence-corrected chi connectivity index (χ2v) is 10.3. The van der Waals surface area contributed by atoms with Gasteiger partial charge in [-0.05, 0) is 78.5 Å². The lowest BCUT2D eigenvalue weighted by Gasteiger charge is -2.25. The second kappa shape index (κ2) is 8.41. The smallest absolute Gasteiger partial charge is 0.235 e. The van der Waals surface area contributed by atoms with Crippen LogP contribution in [-0.2, 0) is 10.2 Å². The highest BCUT2D eigenvalue weighted by atomic mass is 16.3. The van der Waals surface area contributed by atoms with Crippen LogP contribution in [0.2, 0.25) is 0 Å². The Bertz CT molecular complexity index is 1010. The lowest BCUT2D eigenvalue weighted by molar-refractivity contribution is -0.118. The molecule has 0 saturated heterocycles. The van der Waals surface area contributed by atoms with E-state index in [2.05, 4.69) is 52.9 Å². The number of anilines is 1. The van der Waals surface area contributed by atoms with E-state index >= 15 is 0 Å². The summed E-state index contributed by atoms with van der Waals surface area (Å²) in [6.45, 7) is 13.3. The van der Waals surface area contributed by atoms with E-state index in [0.717, 1.165) is 36.1 Å². The average Bonchev–Trinajstić information content (AvgIpc) is 3.47. The van der Waals surface area contributed by atoms with Gasteiger partial charge in [0, 0.05) is 5.69 Å². The van der Waals surface area contributed by atoms with Gasteiger partial charge in [0.25, 0.3) is 0 Å². The summed E-state index contributed by atoms with van der Waals surface area (Å²) in [5.74, 6) is 0.130. The monoisotopic (exact) mass is 421 g/mol. The fraction of sp³-hybridized carbons (Fsp3) is 0.444. The normalized spacial score (nSPS) is 15.8. The van der Waals surface area contributed by atoms with Crippen LogP contribution in [0, 0.1) is 18.3 Å². The van der Waals surface area contributed by atoms with Crippen LogP contribution in [0.1, 0.15) is 70.6 Å². The predicted octanol–water partition coefficient (Wildman–Crippen LogP) is 6.55. The Morgan fingerprint density at radius 3 is 2.32 bits per heavy atom. The number of carbonyl (C=O) groups is 1. The van der Waals surface area contributed by atoms with E-state index in [4.69, 9.17) is 0 Å². The number of amides is 1. The maximum atomic E-state index is 13.1. The largest absolute Gasteiger partial charge is 0.504 e. The summed E-state index contributed by atoms with van der Waals surface area (Å²) < 4.78 is 0. The van der Waals surface area contributed by atoms with Crippen LogP contribution in [-0.4, -0.2) is 16.1 Å². The molecule has 1 aliphatic rings. The Kier molecular flexibility index (Phi) is 6.22. The van der Waals surface area contributed by atoms with Crippen LogP contribution < -0.4 is 5.32 Å². The van der Waals surface area contributed by atoms with Gasteiger partial charge in [0.2, 0.25) is 5.91 Å². The number of nitrogens with one attached hydrogen (secondary N) is 1. The Labute approximate surface area is 186 Å². The number of rotatable bonds is 6. The Balaban J connectivity index is 1.87. The lowest BCUT2D eigenvalue weighted by atomic mass is 9.80. The number of benzene rings is 2. The van der Waals surface area contributed by atoms with Gasteiger partial charge in [-0.3, -0.25) is 4.79 Å². The molecule has 3 rings (SSSR count). The molecule has 0 unspecified atom stereocenters. The maximum absolute atomic E-state index is 13.1. The molecule has 0 aliphatic heterocycles. The summed E-state index contributed by atoms with van der Waals surface area (Å²) in [6, 6.07) is 10.7. The first-order chi connectivity index (χ1) is 14.4. The van der Waals surface area contributed by atoms with Crippen molar-refractivity contribution in [3.05, 3.63) is 58.7 Å². The summed E-state index contributed by atoms with van der Waals surface area (Å²) >= 11 is 0. The van der Waals surface area contributed by atoms with Gasteiger partial charge < -0.3 is 15.5 Å². The van der Waals surface area contributed by atoms with E-state index in [9.17, 15) is 15.0 Å². The highest BCUT2D eigenvalue weighted by Crippen LogP contribution is 2.50. The van der Waals surface area contributed by atoms with Crippen LogP contribution in [0.15, 0.2) is 42.0 Å². The van der Waals surface area contributed by atoms with E-state index in [-0.39, 0.29) is 22.8 Å². The highest BCUT2D eigenvalue weighted by molar-refractivity contribution is 6.01. The molecular weight excluding hydrogens is 386 g/mol. The number of hydrogen-bond acceptors (Lipinski definition) is 3. The van der Waals surface area contributed by atoms with Crippen molar-refractivity contribution < 1.29 is 15.0 Å². The minimum absolute atomic E-state index is 0.0744. The molecule has 0 aromatic heterocycles. The molecule has 31 heavy (non-hydrogen) atoms. The van der Waals surface area contributed by atoms with Crippen molar-refractivity contribution in [3.8, 4) is 11.5 Å². The summed E-state index contributed by atoms with van der Waals surface area (Å²) in [5, 5.41) is 22.5. The molecule has 2 aromatic rings. The molecule has 0 radical (unpaired) electrons. The minimum atomic E-state index is -0.639. The van der Waals surface area contributed by atoms with Crippen molar-refractivity contribution in [2.45, 2.75) is 66.2 Å². The van der Waals surface area contributed by atoms with Crippen molar-refractivity contribution in [3.63, 3.8) is 0 Å². The quantitative estimate of drug-likeness (QED) is 0.463. The zero-order valence-electron chi connectivity index (χ0n) is 19.5. The second-order valence-electron chi connectivity index (χ2n) is 10.3. The molecule has 1 saturated carbocycles. The third kappa shape index (κ3) is 5.12. The molecule has 1 amide bonds. The molecule has 1 aliphatic carbocycles. The van der Waals surface area contributed by atoms with Crippen LogP contribution in [0.5, 0.6) is 11.5 Å². The predicted molar refractivity (Wildman–Crippen MR) is 127 cm³/mol. The van der Waals surface area contributed by atoms with E-state index in [0.29, 0.717) is 5.92 Å². The molecular formula is C27H35NO3. The van der Waals surface area contributed by atoms with Crippen molar-refractivity contribution in [2.24, 2.45) is 11.3 Å². The standard InChI is InChI=1S/C27H35NO3/c1-17(2)13-21(26(4,5)6)14-19-15-22(9-7-18(19)3)28-25(31)27(11-12-27)20-8-10-23(29)24(30)16-20/h7-10,14-17,29-30H,11-13H2,1-6H3,(H,28,31)/b21-14+. The lowest BCUT2D eigenvalue weighted by Crippen LogP contribution is -2.27. The van der Waals surface area contributed by atoms with Crippen molar-refractivity contribution in [1.82, 2.24) is 0 Å². The number of phenolic OH excluding ortho intramolecular Hbond substituents is 2. The molecule has 0 spiro atoms. The molecule has 4 nitrogen and oxygen atoms in total. The third-order valence-corrected chi connectivity index (χ3v) is 6.17. The molecule has 2 aromatic carbocycles. The zero-order chi connectivity index (χ0) is 23.0. The SMILES string of the molecule is Cc1ccc(NC(=O)C2(c3ccc(O)c(O)c3)CC2)cc1/C=C(\CC(C)C)C(C)(C)C. The van der Waals surface area contributed by atoms with Crippen LogP contribution in [0.3, 0.4) is 0 Å². The van der Waals surface area contributed by atoms with Crippen LogP contribution >= 0.6 is 0 Å². The van der Waals surface area contributed by atoms with E-state index in [1.807, 2.05) is 18.2 Å². The molecule has 0 atom stereocenters. The Morgan fingerprint density at radius 2 is 1.77 bits per heavy atom. The summed E-state index contributed by atoms with van der Waals surface area (Å²) in [5.41, 5.74) is 4.64. The topological polar surface area (TPSA) is 69.6 Å². The van der Waals surface area contributed by atoms with Crippen LogP contribution in [0.4, 0.5) is 5.69 Å². The van der Waals surface area contributed by atoms with Crippen molar-refractivity contribution in [2.75, 3.05) is 5.32 Å². The van der Waals surface area contributed by atoms with Crippen LogP contribution in [0.25, 0.3) is 6.08 Å². The molecule has 166 valence electrons.